The molecule has 0 fully saturated rings. The van der Waals surface area contributed by atoms with Crippen LogP contribution in [-0.4, -0.2) is 13.4 Å². The number of pyridine rings is 1. The molecule has 0 atom stereocenters. The molecule has 0 saturated heterocycles. The van der Waals surface area contributed by atoms with Crippen molar-refractivity contribution in [1.82, 2.24) is 4.98 Å². The molecule has 0 aliphatic heterocycles. The van der Waals surface area contributed by atoms with Crippen molar-refractivity contribution >= 4 is 27.4 Å². The van der Waals surface area contributed by atoms with Crippen molar-refractivity contribution in [2.24, 2.45) is 0 Å². The zero-order chi connectivity index (χ0) is 14.6. The summed E-state index contributed by atoms with van der Waals surface area (Å²) in [5, 5.41) is 8.99. The summed E-state index contributed by atoms with van der Waals surface area (Å²) >= 11 is 5.68. The molecule has 2 rings (SSSR count). The molecular formula is C13H10ClN3O2S. The van der Waals surface area contributed by atoms with E-state index < -0.39 is 10.0 Å². The Kier molecular flexibility index (Phi) is 4.23. The predicted octanol–water partition coefficient (Wildman–Crippen LogP) is 2.60. The Morgan fingerprint density at radius 3 is 2.45 bits per heavy atom. The van der Waals surface area contributed by atoms with Gasteiger partial charge in [0.15, 0.2) is 0 Å². The number of nitrogens with one attached hydrogen (secondary N) is 1. The van der Waals surface area contributed by atoms with Crippen molar-refractivity contribution in [3.8, 4) is 6.07 Å². The molecule has 0 amide bonds. The van der Waals surface area contributed by atoms with Crippen LogP contribution in [0, 0.1) is 11.3 Å². The van der Waals surface area contributed by atoms with Crippen molar-refractivity contribution in [3.63, 3.8) is 0 Å². The van der Waals surface area contributed by atoms with Crippen molar-refractivity contribution in [2.75, 3.05) is 4.72 Å². The van der Waals surface area contributed by atoms with E-state index in [1.54, 1.807) is 18.2 Å². The van der Waals surface area contributed by atoms with Crippen LogP contribution >= 0.6 is 11.6 Å². The number of rotatable bonds is 4. The first-order valence-electron chi connectivity index (χ1n) is 5.61. The second-order valence-electron chi connectivity index (χ2n) is 3.95. The Morgan fingerprint density at radius 2 is 1.90 bits per heavy atom. The van der Waals surface area contributed by atoms with Crippen LogP contribution in [0.3, 0.4) is 0 Å². The van der Waals surface area contributed by atoms with Crippen LogP contribution < -0.4 is 4.72 Å². The third-order valence-electron chi connectivity index (χ3n) is 2.48. The molecule has 0 unspecified atom stereocenters. The van der Waals surface area contributed by atoms with Crippen LogP contribution in [0.25, 0.3) is 0 Å². The van der Waals surface area contributed by atoms with Crippen LogP contribution in [-0.2, 0) is 16.4 Å². The molecule has 102 valence electrons. The average molecular weight is 308 g/mol. The van der Waals surface area contributed by atoms with Gasteiger partial charge in [-0.2, -0.15) is 5.26 Å². The summed E-state index contributed by atoms with van der Waals surface area (Å²) in [7, 11) is -3.70. The summed E-state index contributed by atoms with van der Waals surface area (Å²) in [6.07, 6.45) is 1.60. The van der Waals surface area contributed by atoms with E-state index in [-0.39, 0.29) is 17.1 Å². The van der Waals surface area contributed by atoms with E-state index in [2.05, 4.69) is 9.71 Å². The molecule has 1 heterocycles. The van der Waals surface area contributed by atoms with Gasteiger partial charge in [-0.05, 0) is 29.8 Å². The van der Waals surface area contributed by atoms with E-state index in [0.717, 1.165) is 5.56 Å². The number of benzene rings is 1. The Balaban J connectivity index is 2.22. The number of anilines is 1. The number of aromatic nitrogens is 1. The van der Waals surface area contributed by atoms with E-state index >= 15 is 0 Å². The fourth-order valence-electron chi connectivity index (χ4n) is 1.51. The highest BCUT2D eigenvalue weighted by molar-refractivity contribution is 7.92. The molecule has 0 saturated carbocycles. The maximum atomic E-state index is 12.1. The first-order chi connectivity index (χ1) is 9.51. The number of nitriles is 1. The molecule has 0 aliphatic rings. The van der Waals surface area contributed by atoms with Gasteiger partial charge >= 0.3 is 0 Å². The van der Waals surface area contributed by atoms with Crippen LogP contribution in [0.4, 0.5) is 5.82 Å². The summed E-state index contributed by atoms with van der Waals surface area (Å²) in [5.74, 6) is 0.190. The molecule has 0 spiro atoms. The molecule has 0 aliphatic carbocycles. The smallest absolute Gasteiger partial charge is 0.263 e. The summed E-state index contributed by atoms with van der Waals surface area (Å²) in [6, 6.07) is 11.1. The molecule has 1 aromatic carbocycles. The van der Waals surface area contributed by atoms with E-state index in [0.29, 0.717) is 5.02 Å². The van der Waals surface area contributed by atoms with Crippen LogP contribution in [0.15, 0.2) is 47.5 Å². The summed E-state index contributed by atoms with van der Waals surface area (Å²) in [6.45, 7) is 0. The number of hydrogen-bond acceptors (Lipinski definition) is 4. The van der Waals surface area contributed by atoms with E-state index in [1.165, 1.54) is 24.4 Å². The monoisotopic (exact) mass is 307 g/mol. The second kappa shape index (κ2) is 5.90. The third-order valence-corrected chi connectivity index (χ3v) is 4.08. The fraction of sp³-hybridized carbons (Fsp3) is 0.0769. The zero-order valence-electron chi connectivity index (χ0n) is 10.2. The lowest BCUT2D eigenvalue weighted by Crippen LogP contribution is -2.13. The van der Waals surface area contributed by atoms with Crippen molar-refractivity contribution in [2.45, 2.75) is 11.3 Å². The van der Waals surface area contributed by atoms with Crippen LogP contribution in [0.2, 0.25) is 5.02 Å². The van der Waals surface area contributed by atoms with Crippen molar-refractivity contribution in [3.05, 3.63) is 53.2 Å². The van der Waals surface area contributed by atoms with Gasteiger partial charge in [-0.1, -0.05) is 23.7 Å². The minimum Gasteiger partial charge on any atom is -0.263 e. The van der Waals surface area contributed by atoms with E-state index in [1.807, 2.05) is 6.07 Å². The molecule has 20 heavy (non-hydrogen) atoms. The lowest BCUT2D eigenvalue weighted by molar-refractivity contribution is 0.601. The third kappa shape index (κ3) is 3.47. The van der Waals surface area contributed by atoms with Gasteiger partial charge in [0.1, 0.15) is 5.82 Å². The minimum absolute atomic E-state index is 0.107. The van der Waals surface area contributed by atoms with Gasteiger partial charge in [-0.15, -0.1) is 0 Å². The van der Waals surface area contributed by atoms with Crippen LogP contribution in [0.5, 0.6) is 0 Å². The first-order valence-corrected chi connectivity index (χ1v) is 7.47. The highest BCUT2D eigenvalue weighted by Gasteiger charge is 2.14. The van der Waals surface area contributed by atoms with Gasteiger partial charge in [-0.3, -0.25) is 4.72 Å². The maximum Gasteiger partial charge on any atom is 0.263 e. The minimum atomic E-state index is -3.70. The topological polar surface area (TPSA) is 82.8 Å². The Labute approximate surface area is 121 Å². The summed E-state index contributed by atoms with van der Waals surface area (Å²) in [4.78, 5) is 3.98. The van der Waals surface area contributed by atoms with Gasteiger partial charge in [0, 0.05) is 6.20 Å². The van der Waals surface area contributed by atoms with Crippen LogP contribution in [0.1, 0.15) is 5.56 Å². The fourth-order valence-corrected chi connectivity index (χ4v) is 2.63. The highest BCUT2D eigenvalue weighted by Crippen LogP contribution is 2.16. The number of nitrogens with zero attached hydrogens (tertiary/aromatic N) is 2. The molecule has 1 aromatic heterocycles. The van der Waals surface area contributed by atoms with Crippen molar-refractivity contribution in [1.29, 1.82) is 5.26 Å². The predicted molar refractivity (Wildman–Crippen MR) is 75.8 cm³/mol. The number of halogens is 1. The largest absolute Gasteiger partial charge is 0.263 e. The van der Waals surface area contributed by atoms with Crippen molar-refractivity contribution < 1.29 is 8.42 Å². The standard InChI is InChI=1S/C13H10ClN3O2S/c14-11-3-6-13(16-9-11)17-20(18,19)12-4-1-10(2-5-12)7-8-15/h1-6,9H,7H2,(H,16,17). The molecule has 5 nitrogen and oxygen atoms in total. The number of sulfonamides is 1. The lowest BCUT2D eigenvalue weighted by atomic mass is 10.2. The Hall–Kier alpha value is -2.10. The highest BCUT2D eigenvalue weighted by atomic mass is 35.5. The average Bonchev–Trinajstić information content (AvgIpc) is 2.42. The molecule has 0 radical (unpaired) electrons. The van der Waals surface area contributed by atoms with E-state index in [4.69, 9.17) is 16.9 Å². The molecule has 1 N–H and O–H groups in total. The van der Waals surface area contributed by atoms with E-state index in [9.17, 15) is 8.42 Å². The normalized spacial score (nSPS) is 10.8. The van der Waals surface area contributed by atoms with Gasteiger partial charge in [0.2, 0.25) is 0 Å². The lowest BCUT2D eigenvalue weighted by Gasteiger charge is -2.07. The SMILES string of the molecule is N#CCc1ccc(S(=O)(=O)Nc2ccc(Cl)cn2)cc1. The zero-order valence-corrected chi connectivity index (χ0v) is 11.8. The van der Waals surface area contributed by atoms with Gasteiger partial charge in [0.25, 0.3) is 10.0 Å². The quantitative estimate of drug-likeness (QED) is 0.941. The van der Waals surface area contributed by atoms with Gasteiger partial charge in [0.05, 0.1) is 22.4 Å². The number of hydrogen-bond donors (Lipinski definition) is 1. The molecule has 7 heteroatoms. The molecule has 0 bridgehead atoms. The Morgan fingerprint density at radius 1 is 1.20 bits per heavy atom. The summed E-state index contributed by atoms with van der Waals surface area (Å²) in [5.41, 5.74) is 0.760. The Bertz CT molecular complexity index is 735. The first kappa shape index (κ1) is 14.3. The van der Waals surface area contributed by atoms with Gasteiger partial charge in [-0.25, -0.2) is 13.4 Å². The second-order valence-corrected chi connectivity index (χ2v) is 6.06. The molecule has 2 aromatic rings. The summed E-state index contributed by atoms with van der Waals surface area (Å²) < 4.78 is 26.6. The van der Waals surface area contributed by atoms with Gasteiger partial charge < -0.3 is 0 Å². The molecular weight excluding hydrogens is 298 g/mol. The maximum absolute atomic E-state index is 12.1.